The van der Waals surface area contributed by atoms with Gasteiger partial charge in [0.15, 0.2) is 11.5 Å². The van der Waals surface area contributed by atoms with Gasteiger partial charge in [0, 0.05) is 19.6 Å². The van der Waals surface area contributed by atoms with E-state index in [1.807, 2.05) is 24.3 Å². The second-order valence-electron chi connectivity index (χ2n) is 6.70. The predicted octanol–water partition coefficient (Wildman–Crippen LogP) is 3.64. The highest BCUT2D eigenvalue weighted by molar-refractivity contribution is 5.85. The van der Waals surface area contributed by atoms with E-state index in [-0.39, 0.29) is 19.0 Å². The predicted molar refractivity (Wildman–Crippen MR) is 111 cm³/mol. The average Bonchev–Trinajstić information content (AvgIpc) is 2.67. The van der Waals surface area contributed by atoms with Crippen LogP contribution in [0.1, 0.15) is 16.7 Å². The molecule has 2 aromatic rings. The van der Waals surface area contributed by atoms with Gasteiger partial charge in [0.1, 0.15) is 12.7 Å². The molecule has 1 heterocycles. The van der Waals surface area contributed by atoms with Gasteiger partial charge in [-0.2, -0.15) is 0 Å². The lowest BCUT2D eigenvalue weighted by atomic mass is 10.00. The lowest BCUT2D eigenvalue weighted by Gasteiger charge is -2.30. The molecule has 4 nitrogen and oxygen atoms in total. The summed E-state index contributed by atoms with van der Waals surface area (Å²) in [5, 5.41) is 10.4. The van der Waals surface area contributed by atoms with Crippen molar-refractivity contribution in [3.63, 3.8) is 0 Å². The summed E-state index contributed by atoms with van der Waals surface area (Å²) in [4.78, 5) is 2.28. The number of hydrogen-bond donors (Lipinski definition) is 1. The van der Waals surface area contributed by atoms with Gasteiger partial charge in [0.2, 0.25) is 0 Å². The van der Waals surface area contributed by atoms with Crippen molar-refractivity contribution in [2.45, 2.75) is 25.5 Å². The fourth-order valence-electron chi connectivity index (χ4n) is 3.37. The monoisotopic (exact) mass is 389 g/mol. The number of aliphatic hydroxyl groups excluding tert-OH is 1. The van der Waals surface area contributed by atoms with Gasteiger partial charge in [0.25, 0.3) is 0 Å². The number of ether oxygens (including phenoxy) is 2. The summed E-state index contributed by atoms with van der Waals surface area (Å²) >= 11 is 0. The second-order valence-corrected chi connectivity index (χ2v) is 6.70. The zero-order chi connectivity index (χ0) is 18.4. The molecule has 0 saturated heterocycles. The molecule has 0 fully saturated rings. The van der Waals surface area contributed by atoms with E-state index in [0.717, 1.165) is 31.5 Å². The van der Waals surface area contributed by atoms with Crippen LogP contribution >= 0.6 is 12.4 Å². The third kappa shape index (κ3) is 5.73. The number of fused-ring (bicyclic) bond motifs is 1. The van der Waals surface area contributed by atoms with Crippen molar-refractivity contribution in [3.05, 3.63) is 71.8 Å². The number of halogens is 1. The molecule has 1 aliphatic heterocycles. The Morgan fingerprint density at radius 1 is 1.19 bits per heavy atom. The fraction of sp³-hybridized carbons (Fsp3) is 0.364. The summed E-state index contributed by atoms with van der Waals surface area (Å²) in [6.45, 7) is 6.45. The molecule has 0 aromatic heterocycles. The van der Waals surface area contributed by atoms with Crippen molar-refractivity contribution in [2.75, 3.05) is 26.8 Å². The number of rotatable bonds is 8. The van der Waals surface area contributed by atoms with E-state index < -0.39 is 6.10 Å². The first-order chi connectivity index (χ1) is 12.7. The summed E-state index contributed by atoms with van der Waals surface area (Å²) in [5.41, 5.74) is 3.89. The Balaban J connectivity index is 0.00000261. The minimum Gasteiger partial charge on any atom is -0.493 e. The smallest absolute Gasteiger partial charge is 0.161 e. The van der Waals surface area contributed by atoms with Crippen molar-refractivity contribution in [3.8, 4) is 11.5 Å². The van der Waals surface area contributed by atoms with E-state index in [9.17, 15) is 5.11 Å². The Morgan fingerprint density at radius 3 is 2.70 bits per heavy atom. The van der Waals surface area contributed by atoms with Crippen LogP contribution in [0.4, 0.5) is 0 Å². The molecule has 1 unspecified atom stereocenters. The van der Waals surface area contributed by atoms with E-state index in [1.165, 1.54) is 11.1 Å². The Morgan fingerprint density at radius 2 is 1.96 bits per heavy atom. The summed E-state index contributed by atoms with van der Waals surface area (Å²) in [5.74, 6) is 1.34. The largest absolute Gasteiger partial charge is 0.493 e. The Kier molecular flexibility index (Phi) is 8.17. The maximum atomic E-state index is 10.4. The number of nitrogens with zero attached hydrogens (tertiary/aromatic N) is 1. The normalized spacial score (nSPS) is 14.6. The molecule has 0 amide bonds. The van der Waals surface area contributed by atoms with E-state index in [2.05, 4.69) is 35.7 Å². The first-order valence-corrected chi connectivity index (χ1v) is 9.07. The van der Waals surface area contributed by atoms with Gasteiger partial charge in [-0.15, -0.1) is 19.0 Å². The first kappa shape index (κ1) is 21.3. The van der Waals surface area contributed by atoms with Crippen molar-refractivity contribution in [1.29, 1.82) is 0 Å². The third-order valence-corrected chi connectivity index (χ3v) is 4.72. The van der Waals surface area contributed by atoms with Crippen molar-refractivity contribution in [1.82, 2.24) is 4.90 Å². The number of aliphatic hydroxyl groups is 1. The highest BCUT2D eigenvalue weighted by Crippen LogP contribution is 2.28. The van der Waals surface area contributed by atoms with Crippen LogP contribution in [0.3, 0.4) is 0 Å². The molecule has 3 rings (SSSR count). The van der Waals surface area contributed by atoms with Crippen LogP contribution in [-0.2, 0) is 19.4 Å². The summed E-state index contributed by atoms with van der Waals surface area (Å²) in [7, 11) is 1.63. The van der Waals surface area contributed by atoms with Crippen LogP contribution in [0.25, 0.3) is 0 Å². The molecule has 146 valence electrons. The molecular weight excluding hydrogens is 362 g/mol. The maximum Gasteiger partial charge on any atom is 0.161 e. The minimum absolute atomic E-state index is 0. The van der Waals surface area contributed by atoms with Crippen molar-refractivity contribution >= 4 is 12.4 Å². The van der Waals surface area contributed by atoms with E-state index in [1.54, 1.807) is 7.11 Å². The molecule has 1 atom stereocenters. The Labute approximate surface area is 167 Å². The lowest BCUT2D eigenvalue weighted by Crippen LogP contribution is -2.38. The summed E-state index contributed by atoms with van der Waals surface area (Å²) in [6.07, 6.45) is 3.13. The SMILES string of the molecule is C=CCc1ccc(OCC(O)CN2CCc3ccccc3C2)c(OC)c1.Cl. The first-order valence-electron chi connectivity index (χ1n) is 9.07. The van der Waals surface area contributed by atoms with Gasteiger partial charge >= 0.3 is 0 Å². The van der Waals surface area contributed by atoms with Gasteiger partial charge in [0.05, 0.1) is 7.11 Å². The zero-order valence-electron chi connectivity index (χ0n) is 15.8. The van der Waals surface area contributed by atoms with Crippen LogP contribution < -0.4 is 9.47 Å². The molecule has 0 aliphatic carbocycles. The Hall–Kier alpha value is -2.01. The average molecular weight is 390 g/mol. The maximum absolute atomic E-state index is 10.4. The molecule has 1 N–H and O–H groups in total. The number of benzene rings is 2. The number of β-amino-alcohol motifs (C(OH)–C–C–N with tert-alkyl or cyclic N) is 1. The number of methoxy groups -OCH3 is 1. The molecule has 0 spiro atoms. The van der Waals surface area contributed by atoms with Gasteiger partial charge in [-0.05, 0) is 41.7 Å². The molecule has 2 aromatic carbocycles. The number of allylic oxidation sites excluding steroid dienone is 1. The summed E-state index contributed by atoms with van der Waals surface area (Å²) in [6, 6.07) is 14.4. The highest BCUT2D eigenvalue weighted by atomic mass is 35.5. The lowest BCUT2D eigenvalue weighted by molar-refractivity contribution is 0.0628. The standard InChI is InChI=1S/C22H27NO3.ClH/c1-3-6-17-9-10-21(22(13-17)25-2)26-16-20(24)15-23-12-11-18-7-4-5-8-19(18)14-23;/h3-5,7-10,13,20,24H,1,6,11-12,14-16H2,2H3;1H. The minimum atomic E-state index is -0.544. The summed E-state index contributed by atoms with van der Waals surface area (Å²) < 4.78 is 11.2. The topological polar surface area (TPSA) is 41.9 Å². The van der Waals surface area contributed by atoms with Crippen molar-refractivity contribution < 1.29 is 14.6 Å². The van der Waals surface area contributed by atoms with Crippen LogP contribution in [0, 0.1) is 0 Å². The molecule has 1 aliphatic rings. The van der Waals surface area contributed by atoms with E-state index >= 15 is 0 Å². The van der Waals surface area contributed by atoms with Crippen LogP contribution in [0.15, 0.2) is 55.1 Å². The van der Waals surface area contributed by atoms with Gasteiger partial charge in [-0.3, -0.25) is 4.90 Å². The third-order valence-electron chi connectivity index (χ3n) is 4.72. The van der Waals surface area contributed by atoms with Gasteiger partial charge < -0.3 is 14.6 Å². The molecule has 27 heavy (non-hydrogen) atoms. The van der Waals surface area contributed by atoms with Gasteiger partial charge in [-0.1, -0.05) is 36.4 Å². The van der Waals surface area contributed by atoms with E-state index in [0.29, 0.717) is 18.0 Å². The number of hydrogen-bond acceptors (Lipinski definition) is 4. The van der Waals surface area contributed by atoms with Crippen molar-refractivity contribution in [2.24, 2.45) is 0 Å². The molecule has 0 bridgehead atoms. The molecule has 0 saturated carbocycles. The zero-order valence-corrected chi connectivity index (χ0v) is 16.6. The molecule has 0 radical (unpaired) electrons. The molecular formula is C22H28ClNO3. The van der Waals surface area contributed by atoms with Crippen LogP contribution in [0.5, 0.6) is 11.5 Å². The fourth-order valence-corrected chi connectivity index (χ4v) is 3.37. The quantitative estimate of drug-likeness (QED) is 0.700. The van der Waals surface area contributed by atoms with Crippen LogP contribution in [-0.4, -0.2) is 42.9 Å². The van der Waals surface area contributed by atoms with Crippen LogP contribution in [0.2, 0.25) is 0 Å². The van der Waals surface area contributed by atoms with Gasteiger partial charge in [-0.25, -0.2) is 0 Å². The Bertz CT molecular complexity index is 750. The van der Waals surface area contributed by atoms with E-state index in [4.69, 9.17) is 9.47 Å². The molecule has 5 heteroatoms. The second kappa shape index (κ2) is 10.4. The highest BCUT2D eigenvalue weighted by Gasteiger charge is 2.19.